The van der Waals surface area contributed by atoms with Crippen LogP contribution in [-0.2, 0) is 13.2 Å². The molecule has 1 N–H and O–H groups in total. The number of aliphatic hydroxyl groups is 1. The lowest BCUT2D eigenvalue weighted by Crippen LogP contribution is -2.06. The third-order valence-corrected chi connectivity index (χ3v) is 6.17. The van der Waals surface area contributed by atoms with Gasteiger partial charge in [0.2, 0.25) is 0 Å². The summed E-state index contributed by atoms with van der Waals surface area (Å²) in [5.41, 5.74) is 2.21. The average Bonchev–Trinajstić information content (AvgIpc) is 2.87. The monoisotopic (exact) mass is 468 g/mol. The zero-order valence-corrected chi connectivity index (χ0v) is 19.5. The number of benzene rings is 4. The zero-order valence-electron chi connectivity index (χ0n) is 19.5. The number of hydrogen-bond acceptors (Lipinski definition) is 4. The summed E-state index contributed by atoms with van der Waals surface area (Å²) >= 11 is 0. The lowest BCUT2D eigenvalue weighted by atomic mass is 9.97. The van der Waals surface area contributed by atoms with E-state index < -0.39 is 5.82 Å². The van der Waals surface area contributed by atoms with Gasteiger partial charge in [0.25, 0.3) is 0 Å². The van der Waals surface area contributed by atoms with E-state index in [4.69, 9.17) is 9.15 Å². The van der Waals surface area contributed by atoms with Crippen molar-refractivity contribution in [1.29, 1.82) is 0 Å². The molecule has 0 spiro atoms. The van der Waals surface area contributed by atoms with Crippen LogP contribution in [-0.4, -0.2) is 5.11 Å². The van der Waals surface area contributed by atoms with Crippen LogP contribution in [0.5, 0.6) is 5.75 Å². The predicted molar refractivity (Wildman–Crippen MR) is 136 cm³/mol. The van der Waals surface area contributed by atoms with E-state index in [1.807, 2.05) is 56.3 Å². The molecule has 4 aromatic carbocycles. The molecule has 5 rings (SSSR count). The average molecular weight is 469 g/mol. The topological polar surface area (TPSA) is 59.7 Å². The van der Waals surface area contributed by atoms with E-state index in [0.29, 0.717) is 34.8 Å². The van der Waals surface area contributed by atoms with Gasteiger partial charge in [0.1, 0.15) is 29.5 Å². The van der Waals surface area contributed by atoms with Gasteiger partial charge in [-0.2, -0.15) is 0 Å². The molecule has 35 heavy (non-hydrogen) atoms. The molecule has 0 unspecified atom stereocenters. The first-order valence-electron chi connectivity index (χ1n) is 11.6. The Labute approximate surface area is 202 Å². The van der Waals surface area contributed by atoms with Crippen LogP contribution >= 0.6 is 0 Å². The van der Waals surface area contributed by atoms with Crippen LogP contribution in [0.1, 0.15) is 36.7 Å². The molecule has 0 fully saturated rings. The number of fused-ring (bicyclic) bond motifs is 2. The van der Waals surface area contributed by atoms with Crippen molar-refractivity contribution in [2.75, 3.05) is 0 Å². The molecule has 5 aromatic rings. The van der Waals surface area contributed by atoms with Crippen molar-refractivity contribution in [3.05, 3.63) is 112 Å². The normalized spacial score (nSPS) is 11.5. The van der Waals surface area contributed by atoms with Crippen LogP contribution in [0.25, 0.3) is 32.9 Å². The minimum absolute atomic E-state index is 0.00487. The number of ether oxygens (including phenoxy) is 1. The highest BCUT2D eigenvalue weighted by molar-refractivity contribution is 5.95. The van der Waals surface area contributed by atoms with Crippen molar-refractivity contribution in [1.82, 2.24) is 0 Å². The molecule has 1 aromatic heterocycles. The SMILES string of the molecule is CC(C)c1cc(=O)c2c(-c3cc(CO)ccc3F)cc(OCc3cccc4ccccc34)cc2o1. The summed E-state index contributed by atoms with van der Waals surface area (Å²) in [5, 5.41) is 12.1. The fourth-order valence-corrected chi connectivity index (χ4v) is 4.32. The molecule has 0 aliphatic carbocycles. The second-order valence-electron chi connectivity index (χ2n) is 8.91. The number of halogens is 1. The fourth-order valence-electron chi connectivity index (χ4n) is 4.32. The van der Waals surface area contributed by atoms with Gasteiger partial charge >= 0.3 is 0 Å². The number of hydrogen-bond donors (Lipinski definition) is 1. The maximum atomic E-state index is 15.0. The van der Waals surface area contributed by atoms with Crippen molar-refractivity contribution in [3.8, 4) is 16.9 Å². The van der Waals surface area contributed by atoms with E-state index in [1.165, 1.54) is 18.2 Å². The molecule has 0 bridgehead atoms. The highest BCUT2D eigenvalue weighted by Crippen LogP contribution is 2.35. The van der Waals surface area contributed by atoms with Crippen molar-refractivity contribution >= 4 is 21.7 Å². The highest BCUT2D eigenvalue weighted by Gasteiger charge is 2.18. The smallest absolute Gasteiger partial charge is 0.193 e. The maximum absolute atomic E-state index is 15.0. The molecule has 0 saturated carbocycles. The van der Waals surface area contributed by atoms with E-state index in [2.05, 4.69) is 0 Å². The van der Waals surface area contributed by atoms with Crippen molar-refractivity contribution in [2.45, 2.75) is 33.0 Å². The van der Waals surface area contributed by atoms with Gasteiger partial charge in [0, 0.05) is 29.2 Å². The second kappa shape index (κ2) is 9.35. The Morgan fingerprint density at radius 3 is 2.54 bits per heavy atom. The Hall–Kier alpha value is -3.96. The third-order valence-electron chi connectivity index (χ3n) is 6.17. The molecule has 4 nitrogen and oxygen atoms in total. The molecule has 1 heterocycles. The van der Waals surface area contributed by atoms with Crippen LogP contribution in [0.3, 0.4) is 0 Å². The Bertz CT molecular complexity index is 1590. The first-order valence-corrected chi connectivity index (χ1v) is 11.6. The molecule has 0 atom stereocenters. The third kappa shape index (κ3) is 4.43. The second-order valence-corrected chi connectivity index (χ2v) is 8.91. The summed E-state index contributed by atoms with van der Waals surface area (Å²) in [4.78, 5) is 13.1. The highest BCUT2D eigenvalue weighted by atomic mass is 19.1. The van der Waals surface area contributed by atoms with E-state index >= 15 is 0 Å². The Balaban J connectivity index is 1.66. The van der Waals surface area contributed by atoms with Crippen LogP contribution in [0.15, 0.2) is 88.1 Å². The summed E-state index contributed by atoms with van der Waals surface area (Å²) in [7, 11) is 0. The molecule has 0 aliphatic rings. The van der Waals surface area contributed by atoms with Crippen LogP contribution in [0, 0.1) is 5.82 Å². The summed E-state index contributed by atoms with van der Waals surface area (Å²) in [6.45, 7) is 3.93. The van der Waals surface area contributed by atoms with Gasteiger partial charge in [-0.25, -0.2) is 4.39 Å². The number of rotatable bonds is 6. The molecular formula is C30H25FO4. The Kier molecular flexibility index (Phi) is 6.10. The molecule has 0 amide bonds. The standard InChI is InChI=1S/C30H25FO4/c1-18(2)28-15-27(33)30-25(24-12-19(16-32)10-11-26(24)31)13-22(14-29(30)35-28)34-17-21-8-5-7-20-6-3-4-9-23(20)21/h3-15,18,32H,16-17H2,1-2H3. The summed E-state index contributed by atoms with van der Waals surface area (Å²) in [6.07, 6.45) is 0. The van der Waals surface area contributed by atoms with E-state index in [-0.39, 0.29) is 28.9 Å². The largest absolute Gasteiger partial charge is 0.489 e. The first-order chi connectivity index (χ1) is 16.9. The summed E-state index contributed by atoms with van der Waals surface area (Å²) < 4.78 is 27.2. The minimum atomic E-state index is -0.498. The number of aliphatic hydroxyl groups excluding tert-OH is 1. The minimum Gasteiger partial charge on any atom is -0.489 e. The van der Waals surface area contributed by atoms with Crippen LogP contribution in [0.4, 0.5) is 4.39 Å². The predicted octanol–water partition coefficient (Wildman–Crippen LogP) is 6.95. The fraction of sp³-hybridized carbons (Fsp3) is 0.167. The summed E-state index contributed by atoms with van der Waals surface area (Å²) in [6, 6.07) is 23.3. The van der Waals surface area contributed by atoms with Gasteiger partial charge in [-0.05, 0) is 40.1 Å². The molecule has 176 valence electrons. The Morgan fingerprint density at radius 2 is 1.74 bits per heavy atom. The molecular weight excluding hydrogens is 443 g/mol. The van der Waals surface area contributed by atoms with Crippen LogP contribution in [0.2, 0.25) is 0 Å². The molecule has 0 radical (unpaired) electrons. The lowest BCUT2D eigenvalue weighted by Gasteiger charge is -2.14. The van der Waals surface area contributed by atoms with Crippen molar-refractivity contribution in [2.24, 2.45) is 0 Å². The lowest BCUT2D eigenvalue weighted by molar-refractivity contribution is 0.282. The summed E-state index contributed by atoms with van der Waals surface area (Å²) in [5.74, 6) is 0.509. The van der Waals surface area contributed by atoms with Crippen molar-refractivity contribution in [3.63, 3.8) is 0 Å². The van der Waals surface area contributed by atoms with E-state index in [9.17, 15) is 14.3 Å². The zero-order chi connectivity index (χ0) is 24.5. The van der Waals surface area contributed by atoms with Gasteiger partial charge in [0.15, 0.2) is 5.43 Å². The quantitative estimate of drug-likeness (QED) is 0.293. The molecule has 5 heteroatoms. The van der Waals surface area contributed by atoms with Gasteiger partial charge < -0.3 is 14.3 Å². The van der Waals surface area contributed by atoms with Gasteiger partial charge in [-0.15, -0.1) is 0 Å². The van der Waals surface area contributed by atoms with Gasteiger partial charge in [0.05, 0.1) is 12.0 Å². The Morgan fingerprint density at radius 1 is 0.943 bits per heavy atom. The molecule has 0 aliphatic heterocycles. The van der Waals surface area contributed by atoms with Gasteiger partial charge in [-0.3, -0.25) is 4.79 Å². The maximum Gasteiger partial charge on any atom is 0.193 e. The van der Waals surface area contributed by atoms with Crippen molar-refractivity contribution < 1.29 is 18.7 Å². The first kappa shape index (κ1) is 22.8. The van der Waals surface area contributed by atoms with E-state index in [0.717, 1.165) is 16.3 Å². The van der Waals surface area contributed by atoms with E-state index in [1.54, 1.807) is 18.2 Å². The van der Waals surface area contributed by atoms with Crippen LogP contribution < -0.4 is 10.2 Å². The molecule has 0 saturated heterocycles. The van der Waals surface area contributed by atoms with Gasteiger partial charge in [-0.1, -0.05) is 62.4 Å².